The maximum Gasteiger partial charge on any atom is 0.256 e. The fourth-order valence-electron chi connectivity index (χ4n) is 2.23. The number of amides is 1. The van der Waals surface area contributed by atoms with E-state index in [0.29, 0.717) is 18.1 Å². The smallest absolute Gasteiger partial charge is 0.256 e. The largest absolute Gasteiger partial charge is 0.337 e. The molecule has 6 heteroatoms. The van der Waals surface area contributed by atoms with Gasteiger partial charge in [-0.3, -0.25) is 4.79 Å². The average Bonchev–Trinajstić information content (AvgIpc) is 2.38. The first-order valence-corrected chi connectivity index (χ1v) is 6.41. The average molecular weight is 307 g/mol. The van der Waals surface area contributed by atoms with Crippen LogP contribution in [0, 0.1) is 5.82 Å². The van der Waals surface area contributed by atoms with E-state index in [2.05, 4.69) is 5.32 Å². The van der Waals surface area contributed by atoms with E-state index in [1.54, 1.807) is 4.90 Å². The molecule has 1 aliphatic heterocycles. The SMILES string of the molecule is CN[C@@H]1CCCN(C(=O)c2ccc(Cl)cc2F)C1.Cl. The van der Waals surface area contributed by atoms with E-state index in [4.69, 9.17) is 11.6 Å². The van der Waals surface area contributed by atoms with Gasteiger partial charge in [-0.25, -0.2) is 4.39 Å². The van der Waals surface area contributed by atoms with Crippen molar-refractivity contribution in [1.29, 1.82) is 0 Å². The van der Waals surface area contributed by atoms with Gasteiger partial charge in [-0.1, -0.05) is 11.6 Å². The Hall–Kier alpha value is -0.840. The Morgan fingerprint density at radius 2 is 2.26 bits per heavy atom. The molecule has 0 spiro atoms. The minimum absolute atomic E-state index is 0. The predicted octanol–water partition coefficient (Wildman–Crippen LogP) is 2.72. The van der Waals surface area contributed by atoms with Crippen molar-refractivity contribution in [2.24, 2.45) is 0 Å². The van der Waals surface area contributed by atoms with Crippen LogP contribution < -0.4 is 5.32 Å². The number of carbonyl (C=O) groups excluding carboxylic acids is 1. The van der Waals surface area contributed by atoms with Gasteiger partial charge in [0.15, 0.2) is 0 Å². The lowest BCUT2D eigenvalue weighted by atomic mass is 10.0. The summed E-state index contributed by atoms with van der Waals surface area (Å²) < 4.78 is 13.7. The lowest BCUT2D eigenvalue weighted by Gasteiger charge is -2.32. The summed E-state index contributed by atoms with van der Waals surface area (Å²) in [6, 6.07) is 4.45. The van der Waals surface area contributed by atoms with Gasteiger partial charge in [-0.15, -0.1) is 12.4 Å². The summed E-state index contributed by atoms with van der Waals surface area (Å²) in [6.07, 6.45) is 1.98. The van der Waals surface area contributed by atoms with Gasteiger partial charge in [0.05, 0.1) is 5.56 Å². The molecule has 1 heterocycles. The number of nitrogens with one attached hydrogen (secondary N) is 1. The number of carbonyl (C=O) groups is 1. The molecule has 3 nitrogen and oxygen atoms in total. The topological polar surface area (TPSA) is 32.3 Å². The lowest BCUT2D eigenvalue weighted by molar-refractivity contribution is 0.0693. The maximum absolute atomic E-state index is 13.7. The molecule has 1 aromatic rings. The molecule has 1 aliphatic rings. The summed E-state index contributed by atoms with van der Waals surface area (Å²) in [4.78, 5) is 13.9. The van der Waals surface area contributed by atoms with Crippen molar-refractivity contribution >= 4 is 29.9 Å². The van der Waals surface area contributed by atoms with Crippen molar-refractivity contribution in [3.8, 4) is 0 Å². The van der Waals surface area contributed by atoms with Gasteiger partial charge in [-0.2, -0.15) is 0 Å². The molecule has 1 amide bonds. The monoisotopic (exact) mass is 306 g/mol. The molecule has 0 radical (unpaired) electrons. The van der Waals surface area contributed by atoms with Crippen LogP contribution in [0.3, 0.4) is 0 Å². The normalized spacial score (nSPS) is 18.9. The Balaban J connectivity index is 0.00000180. The number of likely N-dealkylation sites (N-methyl/N-ethyl adjacent to an activating group) is 1. The van der Waals surface area contributed by atoms with E-state index in [1.807, 2.05) is 7.05 Å². The van der Waals surface area contributed by atoms with Crippen LogP contribution in [0.5, 0.6) is 0 Å². The highest BCUT2D eigenvalue weighted by Gasteiger charge is 2.25. The van der Waals surface area contributed by atoms with E-state index in [9.17, 15) is 9.18 Å². The maximum atomic E-state index is 13.7. The molecule has 1 fully saturated rings. The summed E-state index contributed by atoms with van der Waals surface area (Å²) >= 11 is 5.68. The summed E-state index contributed by atoms with van der Waals surface area (Å²) in [7, 11) is 1.88. The fraction of sp³-hybridized carbons (Fsp3) is 0.462. The van der Waals surface area contributed by atoms with Gasteiger partial charge in [-0.05, 0) is 38.1 Å². The molecule has 0 aromatic heterocycles. The Labute approximate surface area is 123 Å². The van der Waals surface area contributed by atoms with Gasteiger partial charge in [0, 0.05) is 24.2 Å². The van der Waals surface area contributed by atoms with Crippen molar-refractivity contribution in [2.45, 2.75) is 18.9 Å². The highest BCUT2D eigenvalue weighted by molar-refractivity contribution is 6.30. The van der Waals surface area contributed by atoms with Gasteiger partial charge in [0.2, 0.25) is 0 Å². The molecule has 106 valence electrons. The van der Waals surface area contributed by atoms with Crippen LogP contribution in [0.4, 0.5) is 4.39 Å². The second kappa shape index (κ2) is 7.08. The highest BCUT2D eigenvalue weighted by atomic mass is 35.5. The van der Waals surface area contributed by atoms with Crippen molar-refractivity contribution in [3.05, 3.63) is 34.6 Å². The van der Waals surface area contributed by atoms with Gasteiger partial charge in [0.25, 0.3) is 5.91 Å². The van der Waals surface area contributed by atoms with Crippen LogP contribution >= 0.6 is 24.0 Å². The molecule has 2 rings (SSSR count). The van der Waals surface area contributed by atoms with E-state index in [-0.39, 0.29) is 29.9 Å². The van der Waals surface area contributed by atoms with Gasteiger partial charge < -0.3 is 10.2 Å². The zero-order chi connectivity index (χ0) is 13.1. The number of likely N-dealkylation sites (tertiary alicyclic amines) is 1. The summed E-state index contributed by atoms with van der Waals surface area (Å²) in [6.45, 7) is 1.30. The fourth-order valence-corrected chi connectivity index (χ4v) is 2.39. The molecule has 1 aromatic carbocycles. The summed E-state index contributed by atoms with van der Waals surface area (Å²) in [5.74, 6) is -0.816. The zero-order valence-electron chi connectivity index (χ0n) is 10.7. The molecular weight excluding hydrogens is 290 g/mol. The summed E-state index contributed by atoms with van der Waals surface area (Å²) in [5.41, 5.74) is 0.0937. The van der Waals surface area contributed by atoms with Crippen LogP contribution in [0.25, 0.3) is 0 Å². The Morgan fingerprint density at radius 3 is 2.89 bits per heavy atom. The second-order valence-corrected chi connectivity index (χ2v) is 4.94. The Bertz CT molecular complexity index is 456. The molecule has 0 aliphatic carbocycles. The number of hydrogen-bond acceptors (Lipinski definition) is 2. The minimum atomic E-state index is -0.556. The number of benzene rings is 1. The standard InChI is InChI=1S/C13H16ClFN2O.ClH/c1-16-10-3-2-6-17(8-10)13(18)11-5-4-9(14)7-12(11)15;/h4-5,7,10,16H,2-3,6,8H2,1H3;1H/t10-;/m1./s1. The third kappa shape index (κ3) is 3.81. The minimum Gasteiger partial charge on any atom is -0.337 e. The van der Waals surface area contributed by atoms with Gasteiger partial charge in [0.1, 0.15) is 5.82 Å². The van der Waals surface area contributed by atoms with Crippen molar-refractivity contribution < 1.29 is 9.18 Å². The van der Waals surface area contributed by atoms with E-state index in [0.717, 1.165) is 12.8 Å². The Morgan fingerprint density at radius 1 is 1.53 bits per heavy atom. The lowest BCUT2D eigenvalue weighted by Crippen LogP contribution is -2.47. The van der Waals surface area contributed by atoms with E-state index in [1.165, 1.54) is 18.2 Å². The van der Waals surface area contributed by atoms with E-state index < -0.39 is 5.82 Å². The van der Waals surface area contributed by atoms with Crippen molar-refractivity contribution in [3.63, 3.8) is 0 Å². The summed E-state index contributed by atoms with van der Waals surface area (Å²) in [5, 5.41) is 3.46. The molecular formula is C13H17Cl2FN2O. The molecule has 19 heavy (non-hydrogen) atoms. The number of hydrogen-bond donors (Lipinski definition) is 1. The third-order valence-corrected chi connectivity index (χ3v) is 3.51. The van der Waals surface area contributed by atoms with Gasteiger partial charge >= 0.3 is 0 Å². The number of nitrogens with zero attached hydrogens (tertiary/aromatic N) is 1. The molecule has 1 atom stereocenters. The predicted molar refractivity (Wildman–Crippen MR) is 76.6 cm³/mol. The molecule has 1 saturated heterocycles. The van der Waals surface area contributed by atoms with Crippen LogP contribution in [-0.2, 0) is 0 Å². The number of rotatable bonds is 2. The number of halogens is 3. The van der Waals surface area contributed by atoms with Crippen LogP contribution in [0.1, 0.15) is 23.2 Å². The first kappa shape index (κ1) is 16.2. The first-order valence-electron chi connectivity index (χ1n) is 6.03. The first-order chi connectivity index (χ1) is 8.61. The van der Waals surface area contributed by atoms with Crippen LogP contribution in [0.15, 0.2) is 18.2 Å². The molecule has 0 saturated carbocycles. The number of piperidine rings is 1. The molecule has 1 N–H and O–H groups in total. The van der Waals surface area contributed by atoms with Crippen molar-refractivity contribution in [2.75, 3.05) is 20.1 Å². The van der Waals surface area contributed by atoms with Crippen LogP contribution in [0.2, 0.25) is 5.02 Å². The van der Waals surface area contributed by atoms with Crippen molar-refractivity contribution in [1.82, 2.24) is 10.2 Å². The Kier molecular flexibility index (Phi) is 6.04. The third-order valence-electron chi connectivity index (χ3n) is 3.28. The second-order valence-electron chi connectivity index (χ2n) is 4.50. The highest BCUT2D eigenvalue weighted by Crippen LogP contribution is 2.18. The molecule has 0 bridgehead atoms. The quantitative estimate of drug-likeness (QED) is 0.911. The van der Waals surface area contributed by atoms with Crippen LogP contribution in [-0.4, -0.2) is 37.0 Å². The van der Waals surface area contributed by atoms with E-state index >= 15 is 0 Å². The molecule has 0 unspecified atom stereocenters. The zero-order valence-corrected chi connectivity index (χ0v) is 12.2.